The Morgan fingerprint density at radius 1 is 1.67 bits per heavy atom. The van der Waals surface area contributed by atoms with Crippen LogP contribution in [0.5, 0.6) is 0 Å². The van der Waals surface area contributed by atoms with Gasteiger partial charge in [-0.1, -0.05) is 0 Å². The molecule has 0 atom stereocenters. The minimum Gasteiger partial charge on any atom is -0.378 e. The lowest BCUT2D eigenvalue weighted by Crippen LogP contribution is -2.41. The summed E-state index contributed by atoms with van der Waals surface area (Å²) in [6, 6.07) is 2.21. The van der Waals surface area contributed by atoms with Crippen LogP contribution in [0.1, 0.15) is 19.8 Å². The number of hydrogen-bond donors (Lipinski definition) is 0. The molecule has 1 saturated carbocycles. The first-order valence-electron chi connectivity index (χ1n) is 3.15. The highest BCUT2D eigenvalue weighted by atomic mass is 16.5. The van der Waals surface area contributed by atoms with E-state index in [1.165, 1.54) is 0 Å². The second-order valence-electron chi connectivity index (χ2n) is 2.89. The average Bonchev–Trinajstić information content (AvgIpc) is 1.81. The Bertz CT molecular complexity index is 141. The van der Waals surface area contributed by atoms with Crippen molar-refractivity contribution < 1.29 is 4.74 Å². The van der Waals surface area contributed by atoms with Crippen molar-refractivity contribution in [2.45, 2.75) is 25.4 Å². The third-order valence-electron chi connectivity index (χ3n) is 2.03. The summed E-state index contributed by atoms with van der Waals surface area (Å²) in [5, 5.41) is 8.41. The van der Waals surface area contributed by atoms with Crippen molar-refractivity contribution in [2.24, 2.45) is 5.92 Å². The molecule has 0 aliphatic heterocycles. The molecule has 1 fully saturated rings. The van der Waals surface area contributed by atoms with Crippen LogP contribution in [-0.2, 0) is 4.74 Å². The van der Waals surface area contributed by atoms with Gasteiger partial charge in [-0.15, -0.1) is 0 Å². The van der Waals surface area contributed by atoms with Crippen LogP contribution < -0.4 is 0 Å². The van der Waals surface area contributed by atoms with E-state index in [0.717, 1.165) is 12.8 Å². The predicted molar refractivity (Wildman–Crippen MR) is 33.8 cm³/mol. The smallest absolute Gasteiger partial charge is 0.0675 e. The standard InChI is InChI=1S/C7H11NO/c1-7(9-2)3-6(4-7)5-8/h6H,3-4H2,1-2H3. The van der Waals surface area contributed by atoms with Crippen molar-refractivity contribution in [1.29, 1.82) is 5.26 Å². The highest BCUT2D eigenvalue weighted by Gasteiger charge is 2.40. The van der Waals surface area contributed by atoms with Crippen molar-refractivity contribution in [1.82, 2.24) is 0 Å². The van der Waals surface area contributed by atoms with Crippen LogP contribution in [0.3, 0.4) is 0 Å². The van der Waals surface area contributed by atoms with Gasteiger partial charge in [0.1, 0.15) is 0 Å². The van der Waals surface area contributed by atoms with E-state index in [1.54, 1.807) is 7.11 Å². The van der Waals surface area contributed by atoms with Gasteiger partial charge in [0.05, 0.1) is 17.6 Å². The molecule has 1 aliphatic rings. The van der Waals surface area contributed by atoms with Crippen molar-refractivity contribution >= 4 is 0 Å². The molecule has 1 rings (SSSR count). The zero-order valence-corrected chi connectivity index (χ0v) is 5.85. The molecule has 0 saturated heterocycles. The van der Waals surface area contributed by atoms with Gasteiger partial charge < -0.3 is 4.74 Å². The summed E-state index contributed by atoms with van der Waals surface area (Å²) in [4.78, 5) is 0. The van der Waals surface area contributed by atoms with Gasteiger partial charge in [-0.05, 0) is 19.8 Å². The Labute approximate surface area is 55.4 Å². The van der Waals surface area contributed by atoms with E-state index in [9.17, 15) is 0 Å². The first kappa shape index (κ1) is 6.57. The van der Waals surface area contributed by atoms with Gasteiger partial charge in [0.2, 0.25) is 0 Å². The molecule has 50 valence electrons. The van der Waals surface area contributed by atoms with Crippen LogP contribution in [0.15, 0.2) is 0 Å². The molecule has 9 heavy (non-hydrogen) atoms. The van der Waals surface area contributed by atoms with Crippen LogP contribution in [-0.4, -0.2) is 12.7 Å². The predicted octanol–water partition coefficient (Wildman–Crippen LogP) is 1.33. The van der Waals surface area contributed by atoms with Gasteiger partial charge in [0.15, 0.2) is 0 Å². The van der Waals surface area contributed by atoms with Crippen LogP contribution in [0.2, 0.25) is 0 Å². The quantitative estimate of drug-likeness (QED) is 0.529. The van der Waals surface area contributed by atoms with Crippen molar-refractivity contribution in [3.05, 3.63) is 0 Å². The molecule has 0 amide bonds. The number of methoxy groups -OCH3 is 1. The molecule has 2 heteroatoms. The van der Waals surface area contributed by atoms with Gasteiger partial charge in [0.25, 0.3) is 0 Å². The lowest BCUT2D eigenvalue weighted by atomic mass is 9.73. The Hall–Kier alpha value is -0.550. The van der Waals surface area contributed by atoms with Gasteiger partial charge in [-0.25, -0.2) is 0 Å². The van der Waals surface area contributed by atoms with Crippen molar-refractivity contribution in [3.8, 4) is 6.07 Å². The Morgan fingerprint density at radius 3 is 2.56 bits per heavy atom. The molecular weight excluding hydrogens is 114 g/mol. The zero-order valence-electron chi connectivity index (χ0n) is 5.85. The first-order valence-corrected chi connectivity index (χ1v) is 3.15. The van der Waals surface area contributed by atoms with Crippen molar-refractivity contribution in [3.63, 3.8) is 0 Å². The molecule has 0 heterocycles. The van der Waals surface area contributed by atoms with Gasteiger partial charge in [-0.3, -0.25) is 0 Å². The van der Waals surface area contributed by atoms with Crippen LogP contribution >= 0.6 is 0 Å². The Kier molecular flexibility index (Phi) is 1.46. The number of hydrogen-bond acceptors (Lipinski definition) is 2. The largest absolute Gasteiger partial charge is 0.378 e. The van der Waals surface area contributed by atoms with Gasteiger partial charge in [-0.2, -0.15) is 5.26 Å². The molecule has 0 radical (unpaired) electrons. The zero-order chi connectivity index (χ0) is 6.91. The van der Waals surface area contributed by atoms with Gasteiger partial charge >= 0.3 is 0 Å². The van der Waals surface area contributed by atoms with Crippen LogP contribution in [0.25, 0.3) is 0 Å². The summed E-state index contributed by atoms with van der Waals surface area (Å²) in [6.45, 7) is 2.04. The second-order valence-corrected chi connectivity index (χ2v) is 2.89. The molecule has 0 N–H and O–H groups in total. The lowest BCUT2D eigenvalue weighted by Gasteiger charge is -2.40. The molecule has 2 nitrogen and oxygen atoms in total. The highest BCUT2D eigenvalue weighted by molar-refractivity contribution is 5.01. The maximum absolute atomic E-state index is 8.41. The molecule has 0 bridgehead atoms. The Balaban J connectivity index is 2.34. The van der Waals surface area contributed by atoms with Crippen LogP contribution in [0, 0.1) is 17.2 Å². The topological polar surface area (TPSA) is 33.0 Å². The fourth-order valence-corrected chi connectivity index (χ4v) is 1.24. The van der Waals surface area contributed by atoms with E-state index < -0.39 is 0 Å². The van der Waals surface area contributed by atoms with E-state index in [0.29, 0.717) is 0 Å². The molecular formula is C7H11NO. The van der Waals surface area contributed by atoms with Gasteiger partial charge in [0, 0.05) is 7.11 Å². The number of nitrogens with zero attached hydrogens (tertiary/aromatic N) is 1. The summed E-state index contributed by atoms with van der Waals surface area (Å²) in [5.41, 5.74) is 0.0143. The van der Waals surface area contributed by atoms with E-state index in [4.69, 9.17) is 10.00 Å². The fraction of sp³-hybridized carbons (Fsp3) is 0.857. The van der Waals surface area contributed by atoms with E-state index in [-0.39, 0.29) is 11.5 Å². The Morgan fingerprint density at radius 2 is 2.22 bits per heavy atom. The monoisotopic (exact) mass is 125 g/mol. The minimum atomic E-state index is 0.0143. The summed E-state index contributed by atoms with van der Waals surface area (Å²) in [6.07, 6.45) is 1.81. The summed E-state index contributed by atoms with van der Waals surface area (Å²) in [5.74, 6) is 0.245. The molecule has 0 aromatic rings. The maximum Gasteiger partial charge on any atom is 0.0675 e. The highest BCUT2D eigenvalue weighted by Crippen LogP contribution is 2.39. The second kappa shape index (κ2) is 2.00. The summed E-state index contributed by atoms with van der Waals surface area (Å²) < 4.78 is 5.15. The third-order valence-corrected chi connectivity index (χ3v) is 2.03. The molecule has 0 spiro atoms. The average molecular weight is 125 g/mol. The third kappa shape index (κ3) is 1.06. The van der Waals surface area contributed by atoms with Crippen molar-refractivity contribution in [2.75, 3.05) is 7.11 Å². The lowest BCUT2D eigenvalue weighted by molar-refractivity contribution is -0.0757. The maximum atomic E-state index is 8.41. The summed E-state index contributed by atoms with van der Waals surface area (Å²) in [7, 11) is 1.70. The van der Waals surface area contributed by atoms with E-state index >= 15 is 0 Å². The summed E-state index contributed by atoms with van der Waals surface area (Å²) >= 11 is 0. The van der Waals surface area contributed by atoms with E-state index in [2.05, 4.69) is 6.07 Å². The number of rotatable bonds is 1. The normalized spacial score (nSPS) is 41.2. The number of nitriles is 1. The number of ether oxygens (including phenoxy) is 1. The molecule has 1 aliphatic carbocycles. The SMILES string of the molecule is COC1(C)CC(C#N)C1. The molecule has 0 aromatic carbocycles. The van der Waals surface area contributed by atoms with E-state index in [1.807, 2.05) is 6.92 Å². The first-order chi connectivity index (χ1) is 4.20. The molecule has 0 unspecified atom stereocenters. The minimum absolute atomic E-state index is 0.0143. The fourth-order valence-electron chi connectivity index (χ4n) is 1.24. The molecule has 0 aromatic heterocycles. The van der Waals surface area contributed by atoms with Crippen LogP contribution in [0.4, 0.5) is 0 Å².